The number of carbonyl (C=O) groups excluding carboxylic acids is 2. The van der Waals surface area contributed by atoms with Crippen LogP contribution in [0.3, 0.4) is 0 Å². The number of fused-ring (bicyclic) bond motifs is 1. The van der Waals surface area contributed by atoms with E-state index in [2.05, 4.69) is 28.1 Å². The number of aromatic nitrogens is 1. The van der Waals surface area contributed by atoms with E-state index in [1.165, 1.54) is 5.56 Å². The molecule has 2 aromatic carbocycles. The molecule has 1 saturated heterocycles. The van der Waals surface area contributed by atoms with Gasteiger partial charge in [0.2, 0.25) is 0 Å². The summed E-state index contributed by atoms with van der Waals surface area (Å²) in [7, 11) is 0. The highest BCUT2D eigenvalue weighted by Gasteiger charge is 2.42. The summed E-state index contributed by atoms with van der Waals surface area (Å²) in [5.74, 6) is -0.738. The lowest BCUT2D eigenvalue weighted by atomic mass is 10.1. The summed E-state index contributed by atoms with van der Waals surface area (Å²) in [6.45, 7) is 0.711. The van der Waals surface area contributed by atoms with Crippen LogP contribution in [0.4, 0.5) is 0 Å². The van der Waals surface area contributed by atoms with Gasteiger partial charge in [-0.1, -0.05) is 48.5 Å². The third kappa shape index (κ3) is 3.25. The van der Waals surface area contributed by atoms with E-state index in [9.17, 15) is 9.59 Å². The van der Waals surface area contributed by atoms with Gasteiger partial charge in [-0.25, -0.2) is 0 Å². The van der Waals surface area contributed by atoms with Gasteiger partial charge >= 0.3 is 0 Å². The minimum absolute atomic E-state index is 0.110. The molecular weight excluding hydrogens is 382 g/mol. The smallest absolute Gasteiger partial charge is 0.265 e. The first-order valence-corrected chi connectivity index (χ1v) is 10.0. The topological polar surface area (TPSA) is 54.3 Å². The van der Waals surface area contributed by atoms with E-state index >= 15 is 0 Å². The third-order valence-electron chi connectivity index (χ3n) is 5.36. The van der Waals surface area contributed by atoms with Crippen LogP contribution in [0.15, 0.2) is 66.4 Å². The molecule has 0 bridgehead atoms. The molecular formula is C23H19N3O2S. The SMILES string of the molecule is O=C1NC(=S)N(C2CC2)C(=O)/C1=C/c1cn(Cc2ccccc2)c2ccccc12. The number of nitrogens with one attached hydrogen (secondary N) is 1. The van der Waals surface area contributed by atoms with Crippen molar-refractivity contribution in [3.8, 4) is 0 Å². The van der Waals surface area contributed by atoms with E-state index in [-0.39, 0.29) is 22.6 Å². The highest BCUT2D eigenvalue weighted by atomic mass is 32.1. The largest absolute Gasteiger partial charge is 0.342 e. The lowest BCUT2D eigenvalue weighted by Gasteiger charge is -2.28. The monoisotopic (exact) mass is 401 g/mol. The minimum atomic E-state index is -0.434. The number of amides is 2. The highest BCUT2D eigenvalue weighted by Crippen LogP contribution is 2.31. The Morgan fingerprint density at radius 2 is 1.76 bits per heavy atom. The molecule has 1 N–H and O–H groups in total. The maximum absolute atomic E-state index is 13.0. The molecule has 0 unspecified atom stereocenters. The van der Waals surface area contributed by atoms with Gasteiger partial charge in [0.15, 0.2) is 5.11 Å². The fraction of sp³-hybridized carbons (Fsp3) is 0.174. The first kappa shape index (κ1) is 17.8. The zero-order valence-electron chi connectivity index (χ0n) is 15.7. The second-order valence-electron chi connectivity index (χ2n) is 7.44. The molecule has 1 aliphatic carbocycles. The van der Waals surface area contributed by atoms with Crippen LogP contribution >= 0.6 is 12.2 Å². The van der Waals surface area contributed by atoms with Gasteiger partial charge in [0.25, 0.3) is 11.8 Å². The summed E-state index contributed by atoms with van der Waals surface area (Å²) in [5, 5.41) is 3.89. The van der Waals surface area contributed by atoms with E-state index in [1.807, 2.05) is 42.6 Å². The Morgan fingerprint density at radius 3 is 2.52 bits per heavy atom. The van der Waals surface area contributed by atoms with Gasteiger partial charge in [-0.2, -0.15) is 0 Å². The molecule has 5 nitrogen and oxygen atoms in total. The van der Waals surface area contributed by atoms with Crippen molar-refractivity contribution in [1.29, 1.82) is 0 Å². The van der Waals surface area contributed by atoms with E-state index in [1.54, 1.807) is 11.0 Å². The Hall–Kier alpha value is -3.25. The zero-order valence-corrected chi connectivity index (χ0v) is 16.5. The second kappa shape index (κ2) is 6.97. The van der Waals surface area contributed by atoms with E-state index in [0.717, 1.165) is 29.3 Å². The van der Waals surface area contributed by atoms with E-state index in [4.69, 9.17) is 12.2 Å². The average molecular weight is 401 g/mol. The van der Waals surface area contributed by atoms with Crippen LogP contribution in [0.1, 0.15) is 24.0 Å². The van der Waals surface area contributed by atoms with Crippen molar-refractivity contribution >= 4 is 46.1 Å². The summed E-state index contributed by atoms with van der Waals surface area (Å²) in [6.07, 6.45) is 5.54. The second-order valence-corrected chi connectivity index (χ2v) is 7.83. The molecule has 3 aromatic rings. The Balaban J connectivity index is 1.57. The number of rotatable bonds is 4. The standard InChI is InChI=1S/C23H19N3O2S/c27-21-19(22(28)26(17-10-11-17)23(29)24-21)12-16-14-25(13-15-6-2-1-3-7-15)20-9-5-4-8-18(16)20/h1-9,12,14,17H,10-11,13H2,(H,24,27,29)/b19-12+. The quantitative estimate of drug-likeness (QED) is 0.414. The zero-order chi connectivity index (χ0) is 20.0. The van der Waals surface area contributed by atoms with Crippen LogP contribution in [-0.4, -0.2) is 32.4 Å². The lowest BCUT2D eigenvalue weighted by molar-refractivity contribution is -0.129. The molecule has 0 spiro atoms. The first-order valence-electron chi connectivity index (χ1n) is 9.64. The lowest BCUT2D eigenvalue weighted by Crippen LogP contribution is -2.54. The van der Waals surface area contributed by atoms with Gasteiger partial charge in [-0.15, -0.1) is 0 Å². The number of nitrogens with zero attached hydrogens (tertiary/aromatic N) is 2. The summed E-state index contributed by atoms with van der Waals surface area (Å²) in [6, 6.07) is 18.3. The molecule has 6 heteroatoms. The molecule has 1 aliphatic heterocycles. The molecule has 5 rings (SSSR count). The summed E-state index contributed by atoms with van der Waals surface area (Å²) in [4.78, 5) is 27.0. The molecule has 1 saturated carbocycles. The van der Waals surface area contributed by atoms with Crippen LogP contribution in [0, 0.1) is 0 Å². The number of hydrogen-bond donors (Lipinski definition) is 1. The number of benzene rings is 2. The molecule has 2 fully saturated rings. The normalized spacial score (nSPS) is 18.6. The summed E-state index contributed by atoms with van der Waals surface area (Å²) in [5.41, 5.74) is 3.22. The molecule has 0 atom stereocenters. The molecule has 2 heterocycles. The Bertz CT molecular complexity index is 1180. The van der Waals surface area contributed by atoms with Crippen molar-refractivity contribution in [3.63, 3.8) is 0 Å². The Morgan fingerprint density at radius 1 is 1.03 bits per heavy atom. The van der Waals surface area contributed by atoms with Gasteiger partial charge < -0.3 is 4.57 Å². The first-order chi connectivity index (χ1) is 14.1. The highest BCUT2D eigenvalue weighted by molar-refractivity contribution is 7.80. The van der Waals surface area contributed by atoms with Crippen molar-refractivity contribution in [1.82, 2.24) is 14.8 Å². The summed E-state index contributed by atoms with van der Waals surface area (Å²) < 4.78 is 2.14. The van der Waals surface area contributed by atoms with Crippen molar-refractivity contribution in [2.24, 2.45) is 0 Å². The van der Waals surface area contributed by atoms with Crippen molar-refractivity contribution in [2.45, 2.75) is 25.4 Å². The minimum Gasteiger partial charge on any atom is -0.342 e. The molecule has 2 aliphatic rings. The Kier molecular flexibility index (Phi) is 4.28. The number of hydrogen-bond acceptors (Lipinski definition) is 3. The van der Waals surface area contributed by atoms with Gasteiger partial charge in [-0.3, -0.25) is 19.8 Å². The molecule has 1 aromatic heterocycles. The Labute approximate surface area is 173 Å². The maximum atomic E-state index is 13.0. The van der Waals surface area contributed by atoms with E-state index in [0.29, 0.717) is 6.54 Å². The van der Waals surface area contributed by atoms with E-state index < -0.39 is 5.91 Å². The van der Waals surface area contributed by atoms with Crippen LogP contribution in [0.2, 0.25) is 0 Å². The van der Waals surface area contributed by atoms with Crippen molar-refractivity contribution in [2.75, 3.05) is 0 Å². The average Bonchev–Trinajstić information content (AvgIpc) is 3.49. The van der Waals surface area contributed by atoms with Crippen LogP contribution in [0.5, 0.6) is 0 Å². The van der Waals surface area contributed by atoms with Gasteiger partial charge in [0.1, 0.15) is 5.57 Å². The predicted octanol–water partition coefficient (Wildman–Crippen LogP) is 3.48. The van der Waals surface area contributed by atoms with Crippen molar-refractivity contribution < 1.29 is 9.59 Å². The maximum Gasteiger partial charge on any atom is 0.265 e. The fourth-order valence-corrected chi connectivity index (χ4v) is 4.12. The van der Waals surface area contributed by atoms with Crippen LogP contribution in [0.25, 0.3) is 17.0 Å². The molecule has 0 radical (unpaired) electrons. The number of para-hydroxylation sites is 1. The van der Waals surface area contributed by atoms with Crippen molar-refractivity contribution in [3.05, 3.63) is 77.5 Å². The van der Waals surface area contributed by atoms with Gasteiger partial charge in [0.05, 0.1) is 0 Å². The van der Waals surface area contributed by atoms with Gasteiger partial charge in [0, 0.05) is 35.2 Å². The number of carbonyl (C=O) groups is 2. The van der Waals surface area contributed by atoms with Crippen LogP contribution < -0.4 is 5.32 Å². The molecule has 29 heavy (non-hydrogen) atoms. The summed E-state index contributed by atoms with van der Waals surface area (Å²) >= 11 is 5.21. The van der Waals surface area contributed by atoms with Gasteiger partial charge in [-0.05, 0) is 42.8 Å². The predicted molar refractivity (Wildman–Crippen MR) is 116 cm³/mol. The number of thiocarbonyl (C=S) groups is 1. The third-order valence-corrected chi connectivity index (χ3v) is 5.66. The van der Waals surface area contributed by atoms with Crippen LogP contribution in [-0.2, 0) is 16.1 Å². The molecule has 144 valence electrons. The fourth-order valence-electron chi connectivity index (χ4n) is 3.79. The molecule has 2 amide bonds.